The van der Waals surface area contributed by atoms with Gasteiger partial charge in [0.1, 0.15) is 4.33 Å². The van der Waals surface area contributed by atoms with Gasteiger partial charge in [0.25, 0.3) is 0 Å². The van der Waals surface area contributed by atoms with E-state index in [-0.39, 0.29) is 17.6 Å². The molecule has 0 nitrogen and oxygen atoms in total. The van der Waals surface area contributed by atoms with Crippen LogP contribution in [0.15, 0.2) is 0 Å². The van der Waals surface area contributed by atoms with Crippen molar-refractivity contribution in [1.82, 2.24) is 0 Å². The van der Waals surface area contributed by atoms with E-state index in [1.165, 1.54) is 0 Å². The first-order valence-electron chi connectivity index (χ1n) is 1.38. The molecular weight excluding hydrogens is 180 g/mol. The number of rotatable bonds is 0. The summed E-state index contributed by atoms with van der Waals surface area (Å²) in [6, 6.07) is 0. The van der Waals surface area contributed by atoms with Gasteiger partial charge in [-0.2, -0.15) is 0 Å². The fourth-order valence-corrected chi connectivity index (χ4v) is 0. The van der Waals surface area contributed by atoms with Gasteiger partial charge in [-0.25, -0.2) is 0 Å². The van der Waals surface area contributed by atoms with E-state index in [0.29, 0.717) is 0 Å². The summed E-state index contributed by atoms with van der Waals surface area (Å²) < 4.78 is -0.556. The molecule has 0 aromatic carbocycles. The fraction of sp³-hybridized carbons (Fsp3) is 1.00. The van der Waals surface area contributed by atoms with Gasteiger partial charge in [-0.05, 0) is 13.8 Å². The van der Waals surface area contributed by atoms with Crippen molar-refractivity contribution in [3.05, 3.63) is 0 Å². The van der Waals surface area contributed by atoms with Crippen LogP contribution < -0.4 is 0 Å². The van der Waals surface area contributed by atoms with Crippen molar-refractivity contribution in [2.24, 2.45) is 0 Å². The normalized spacial score (nSPS) is 10.0. The Bertz CT molecular complexity index is 24.3. The van der Waals surface area contributed by atoms with Gasteiger partial charge < -0.3 is 0 Å². The van der Waals surface area contributed by atoms with Crippen LogP contribution in [0.4, 0.5) is 0 Å². The van der Waals surface area contributed by atoms with Crippen LogP contribution >= 0.6 is 23.2 Å². The molecule has 0 heterocycles. The summed E-state index contributed by atoms with van der Waals surface area (Å²) in [5.74, 6) is 0. The van der Waals surface area contributed by atoms with Gasteiger partial charge in [-0.1, -0.05) is 0 Å². The molecular formula is C3H10Cl2Ge. The third kappa shape index (κ3) is 69.1. The molecule has 0 radical (unpaired) electrons. The topological polar surface area (TPSA) is 0 Å². The zero-order chi connectivity index (χ0) is 4.50. The van der Waals surface area contributed by atoms with Crippen LogP contribution in [0.3, 0.4) is 0 Å². The van der Waals surface area contributed by atoms with Crippen molar-refractivity contribution in [3.8, 4) is 0 Å². The summed E-state index contributed by atoms with van der Waals surface area (Å²) in [4.78, 5) is 0. The van der Waals surface area contributed by atoms with Gasteiger partial charge in [0.15, 0.2) is 0 Å². The number of halogens is 2. The predicted molar refractivity (Wildman–Crippen MR) is 37.1 cm³/mol. The Morgan fingerprint density at radius 1 is 1.17 bits per heavy atom. The van der Waals surface area contributed by atoms with Gasteiger partial charge in [0.05, 0.1) is 0 Å². The van der Waals surface area contributed by atoms with E-state index in [4.69, 9.17) is 23.2 Å². The second-order valence-electron chi connectivity index (χ2n) is 1.33. The molecule has 6 heavy (non-hydrogen) atoms. The van der Waals surface area contributed by atoms with Crippen LogP contribution in [-0.2, 0) is 0 Å². The van der Waals surface area contributed by atoms with E-state index in [1.54, 1.807) is 13.8 Å². The molecule has 0 aliphatic heterocycles. The molecule has 0 aromatic rings. The van der Waals surface area contributed by atoms with Crippen molar-refractivity contribution >= 4 is 40.8 Å². The molecule has 0 aliphatic rings. The average molecular weight is 190 g/mol. The maximum atomic E-state index is 5.30. The Morgan fingerprint density at radius 2 is 1.17 bits per heavy atom. The van der Waals surface area contributed by atoms with Crippen LogP contribution in [-0.4, -0.2) is 21.9 Å². The molecule has 0 fully saturated rings. The van der Waals surface area contributed by atoms with Gasteiger partial charge >= 0.3 is 17.6 Å². The Balaban J connectivity index is 0. The molecule has 0 rings (SSSR count). The first-order valence-corrected chi connectivity index (χ1v) is 2.13. The standard InChI is InChI=1S/C3H6Cl2.GeH4/c1-3(2,4)5;/h1-2H3;1H4. The molecule has 0 saturated heterocycles. The van der Waals surface area contributed by atoms with E-state index in [2.05, 4.69) is 0 Å². The van der Waals surface area contributed by atoms with E-state index in [9.17, 15) is 0 Å². The molecule has 0 N–H and O–H groups in total. The molecule has 40 valence electrons. The Kier molecular flexibility index (Phi) is 5.37. The maximum absolute atomic E-state index is 5.30. The van der Waals surface area contributed by atoms with Crippen molar-refractivity contribution < 1.29 is 0 Å². The number of hydrogen-bond donors (Lipinski definition) is 0. The van der Waals surface area contributed by atoms with Crippen LogP contribution in [0.5, 0.6) is 0 Å². The van der Waals surface area contributed by atoms with E-state index in [0.717, 1.165) is 0 Å². The zero-order valence-corrected chi connectivity index (χ0v) is 4.77. The van der Waals surface area contributed by atoms with Gasteiger partial charge in [0.2, 0.25) is 0 Å². The molecule has 0 atom stereocenters. The SMILES string of the molecule is CC(C)(Cl)Cl.[GeH4]. The third-order valence-electron chi connectivity index (χ3n) is 0. The summed E-state index contributed by atoms with van der Waals surface area (Å²) in [5, 5.41) is 0. The van der Waals surface area contributed by atoms with Crippen LogP contribution in [0, 0.1) is 0 Å². The monoisotopic (exact) mass is 190 g/mol. The van der Waals surface area contributed by atoms with Gasteiger partial charge in [0, 0.05) is 0 Å². The summed E-state index contributed by atoms with van der Waals surface area (Å²) in [5.41, 5.74) is 0. The molecule has 0 unspecified atom stereocenters. The van der Waals surface area contributed by atoms with Gasteiger partial charge in [-0.3, -0.25) is 0 Å². The average Bonchev–Trinajstić information content (AvgIpc) is 0.722. The van der Waals surface area contributed by atoms with Crippen LogP contribution in [0.2, 0.25) is 0 Å². The van der Waals surface area contributed by atoms with Crippen molar-refractivity contribution in [2.75, 3.05) is 0 Å². The van der Waals surface area contributed by atoms with Gasteiger partial charge in [-0.15, -0.1) is 23.2 Å². The quantitative estimate of drug-likeness (QED) is 0.390. The number of hydrogen-bond acceptors (Lipinski definition) is 0. The number of alkyl halides is 2. The summed E-state index contributed by atoms with van der Waals surface area (Å²) in [6.07, 6.45) is 0. The Morgan fingerprint density at radius 3 is 1.17 bits per heavy atom. The fourth-order valence-electron chi connectivity index (χ4n) is 0. The summed E-state index contributed by atoms with van der Waals surface area (Å²) >= 11 is 10.6. The van der Waals surface area contributed by atoms with Crippen LogP contribution in [0.25, 0.3) is 0 Å². The predicted octanol–water partition coefficient (Wildman–Crippen LogP) is 0.748. The second-order valence-corrected chi connectivity index (χ2v) is 3.41. The molecule has 0 spiro atoms. The molecule has 0 bridgehead atoms. The molecule has 3 heteroatoms. The van der Waals surface area contributed by atoms with Crippen molar-refractivity contribution in [2.45, 2.75) is 18.2 Å². The minimum atomic E-state index is -0.556. The third-order valence-corrected chi connectivity index (χ3v) is 0. The minimum absolute atomic E-state index is 0. The van der Waals surface area contributed by atoms with E-state index >= 15 is 0 Å². The van der Waals surface area contributed by atoms with Crippen LogP contribution in [0.1, 0.15) is 13.8 Å². The van der Waals surface area contributed by atoms with E-state index < -0.39 is 4.33 Å². The first kappa shape index (κ1) is 10.2. The molecule has 0 amide bonds. The van der Waals surface area contributed by atoms with Crippen molar-refractivity contribution in [3.63, 3.8) is 0 Å². The molecule has 0 aromatic heterocycles. The Labute approximate surface area is 59.2 Å². The van der Waals surface area contributed by atoms with E-state index in [1.807, 2.05) is 0 Å². The Hall–Kier alpha value is 1.12. The summed E-state index contributed by atoms with van der Waals surface area (Å²) in [7, 11) is 0. The van der Waals surface area contributed by atoms with Crippen molar-refractivity contribution in [1.29, 1.82) is 0 Å². The second kappa shape index (κ2) is 3.17. The molecule has 0 saturated carbocycles. The zero-order valence-electron chi connectivity index (χ0n) is 3.26. The summed E-state index contributed by atoms with van der Waals surface area (Å²) in [6.45, 7) is 3.44. The first-order chi connectivity index (χ1) is 2.00. The molecule has 0 aliphatic carbocycles.